The Morgan fingerprint density at radius 3 is 2.52 bits per heavy atom. The van der Waals surface area contributed by atoms with Crippen LogP contribution in [0.2, 0.25) is 0 Å². The summed E-state index contributed by atoms with van der Waals surface area (Å²) >= 11 is 0. The summed E-state index contributed by atoms with van der Waals surface area (Å²) < 4.78 is 10.8. The highest BCUT2D eigenvalue weighted by Crippen LogP contribution is 2.19. The first-order valence-electron chi connectivity index (χ1n) is 7.37. The van der Waals surface area contributed by atoms with Crippen molar-refractivity contribution in [2.75, 3.05) is 6.61 Å². The lowest BCUT2D eigenvalue weighted by molar-refractivity contribution is 0.0521. The van der Waals surface area contributed by atoms with Crippen LogP contribution in [0.1, 0.15) is 44.6 Å². The first kappa shape index (κ1) is 16.7. The van der Waals surface area contributed by atoms with E-state index >= 15 is 0 Å². The molecule has 120 valence electrons. The number of nitrogens with zero attached hydrogens (tertiary/aromatic N) is 1. The second-order valence-electron chi connectivity index (χ2n) is 5.08. The third-order valence-corrected chi connectivity index (χ3v) is 3.30. The van der Waals surface area contributed by atoms with Gasteiger partial charge in [0.2, 0.25) is 0 Å². The SMILES string of the molecule is CCOC(=O)c1c(COc2ccc(C=O)cc2)cc(C)nc1C. The van der Waals surface area contributed by atoms with Gasteiger partial charge in [-0.15, -0.1) is 0 Å². The maximum Gasteiger partial charge on any atom is 0.340 e. The fourth-order valence-electron chi connectivity index (χ4n) is 2.31. The summed E-state index contributed by atoms with van der Waals surface area (Å²) in [6.07, 6.45) is 0.776. The van der Waals surface area contributed by atoms with E-state index in [1.807, 2.05) is 13.0 Å². The number of aromatic nitrogens is 1. The van der Waals surface area contributed by atoms with Crippen LogP contribution >= 0.6 is 0 Å². The van der Waals surface area contributed by atoms with Gasteiger partial charge in [0, 0.05) is 16.8 Å². The minimum Gasteiger partial charge on any atom is -0.489 e. The Hall–Kier alpha value is -2.69. The predicted molar refractivity (Wildman–Crippen MR) is 85.8 cm³/mol. The lowest BCUT2D eigenvalue weighted by Crippen LogP contribution is -2.13. The van der Waals surface area contributed by atoms with Crippen LogP contribution in [0.25, 0.3) is 0 Å². The van der Waals surface area contributed by atoms with Gasteiger partial charge in [0.25, 0.3) is 0 Å². The lowest BCUT2D eigenvalue weighted by Gasteiger charge is -2.13. The van der Waals surface area contributed by atoms with Crippen LogP contribution < -0.4 is 4.74 Å². The molecule has 0 atom stereocenters. The van der Waals surface area contributed by atoms with Gasteiger partial charge in [0.15, 0.2) is 0 Å². The maximum absolute atomic E-state index is 12.1. The van der Waals surface area contributed by atoms with Crippen LogP contribution in [0, 0.1) is 13.8 Å². The Morgan fingerprint density at radius 1 is 1.22 bits per heavy atom. The van der Waals surface area contributed by atoms with Gasteiger partial charge in [-0.2, -0.15) is 0 Å². The Kier molecular flexibility index (Phi) is 5.46. The highest BCUT2D eigenvalue weighted by atomic mass is 16.5. The van der Waals surface area contributed by atoms with Crippen molar-refractivity contribution in [2.24, 2.45) is 0 Å². The molecule has 0 aliphatic heterocycles. The second kappa shape index (κ2) is 7.54. The first-order valence-corrected chi connectivity index (χ1v) is 7.37. The van der Waals surface area contributed by atoms with E-state index in [-0.39, 0.29) is 6.61 Å². The van der Waals surface area contributed by atoms with Gasteiger partial charge in [-0.05, 0) is 51.1 Å². The standard InChI is InChI=1S/C18H19NO4/c1-4-22-18(21)17-13(3)19-12(2)9-15(17)11-23-16-7-5-14(10-20)6-8-16/h5-10H,4,11H2,1-3H3. The molecule has 0 unspecified atom stereocenters. The molecule has 5 heteroatoms. The highest BCUT2D eigenvalue weighted by Gasteiger charge is 2.18. The number of carbonyl (C=O) groups is 2. The van der Waals surface area contributed by atoms with Crippen molar-refractivity contribution < 1.29 is 19.1 Å². The van der Waals surface area contributed by atoms with Crippen LogP contribution in [0.5, 0.6) is 5.75 Å². The molecular formula is C18H19NO4. The van der Waals surface area contributed by atoms with Crippen LogP contribution in [-0.2, 0) is 11.3 Å². The summed E-state index contributed by atoms with van der Waals surface area (Å²) in [6.45, 7) is 5.93. The molecule has 0 N–H and O–H groups in total. The number of aryl methyl sites for hydroxylation is 2. The molecular weight excluding hydrogens is 294 g/mol. The molecule has 2 aromatic rings. The van der Waals surface area contributed by atoms with Gasteiger partial charge >= 0.3 is 5.97 Å². The van der Waals surface area contributed by atoms with E-state index in [2.05, 4.69) is 4.98 Å². The maximum atomic E-state index is 12.1. The molecule has 23 heavy (non-hydrogen) atoms. The predicted octanol–water partition coefficient (Wildman–Crippen LogP) is 3.27. The van der Waals surface area contributed by atoms with Crippen LogP contribution in [0.15, 0.2) is 30.3 Å². The molecule has 0 fully saturated rings. The quantitative estimate of drug-likeness (QED) is 0.605. The van der Waals surface area contributed by atoms with Crippen LogP contribution in [-0.4, -0.2) is 23.8 Å². The molecule has 0 aliphatic rings. The molecule has 0 radical (unpaired) electrons. The van der Waals surface area contributed by atoms with Crippen molar-refractivity contribution in [1.29, 1.82) is 0 Å². The smallest absolute Gasteiger partial charge is 0.340 e. The Labute approximate surface area is 135 Å². The highest BCUT2D eigenvalue weighted by molar-refractivity contribution is 5.92. The molecule has 1 aromatic heterocycles. The molecule has 1 aromatic carbocycles. The Bertz CT molecular complexity index is 708. The van der Waals surface area contributed by atoms with Gasteiger partial charge in [-0.1, -0.05) is 0 Å². The second-order valence-corrected chi connectivity index (χ2v) is 5.08. The molecule has 0 saturated heterocycles. The largest absolute Gasteiger partial charge is 0.489 e. The number of hydrogen-bond donors (Lipinski definition) is 0. The van der Waals surface area contributed by atoms with Crippen LogP contribution in [0.4, 0.5) is 0 Å². The number of aldehydes is 1. The van der Waals surface area contributed by atoms with E-state index in [1.54, 1.807) is 38.1 Å². The van der Waals surface area contributed by atoms with Crippen molar-refractivity contribution in [1.82, 2.24) is 4.98 Å². The summed E-state index contributed by atoms with van der Waals surface area (Å²) in [7, 11) is 0. The summed E-state index contributed by atoms with van der Waals surface area (Å²) in [4.78, 5) is 27.1. The van der Waals surface area contributed by atoms with E-state index in [1.165, 1.54) is 0 Å². The molecule has 1 heterocycles. The van der Waals surface area contributed by atoms with Gasteiger partial charge in [-0.25, -0.2) is 4.79 Å². The molecule has 0 aliphatic carbocycles. The molecule has 0 spiro atoms. The average Bonchev–Trinajstić information content (AvgIpc) is 2.53. The van der Waals surface area contributed by atoms with Crippen molar-refractivity contribution in [3.05, 3.63) is 58.4 Å². The fourth-order valence-corrected chi connectivity index (χ4v) is 2.31. The van der Waals surface area contributed by atoms with Gasteiger partial charge in [0.1, 0.15) is 18.6 Å². The zero-order valence-corrected chi connectivity index (χ0v) is 13.5. The Balaban J connectivity index is 2.23. The zero-order chi connectivity index (χ0) is 16.8. The van der Waals surface area contributed by atoms with Gasteiger partial charge < -0.3 is 9.47 Å². The topological polar surface area (TPSA) is 65.5 Å². The number of carbonyl (C=O) groups excluding carboxylic acids is 2. The monoisotopic (exact) mass is 313 g/mol. The third kappa shape index (κ3) is 4.16. The number of pyridine rings is 1. The van der Waals surface area contributed by atoms with Crippen LogP contribution in [0.3, 0.4) is 0 Å². The number of hydrogen-bond acceptors (Lipinski definition) is 5. The summed E-state index contributed by atoms with van der Waals surface area (Å²) in [5, 5.41) is 0. The summed E-state index contributed by atoms with van der Waals surface area (Å²) in [6, 6.07) is 8.61. The summed E-state index contributed by atoms with van der Waals surface area (Å²) in [5.41, 5.74) is 3.19. The molecule has 5 nitrogen and oxygen atoms in total. The minimum absolute atomic E-state index is 0.221. The van der Waals surface area contributed by atoms with E-state index in [0.29, 0.717) is 29.2 Å². The first-order chi connectivity index (χ1) is 11.0. The molecule has 2 rings (SSSR count). The number of benzene rings is 1. The third-order valence-electron chi connectivity index (χ3n) is 3.30. The number of rotatable bonds is 6. The van der Waals surface area contributed by atoms with Gasteiger partial charge in [0.05, 0.1) is 17.9 Å². The number of esters is 1. The number of ether oxygens (including phenoxy) is 2. The average molecular weight is 313 g/mol. The minimum atomic E-state index is -0.396. The van der Waals surface area contributed by atoms with Gasteiger partial charge in [-0.3, -0.25) is 9.78 Å². The van der Waals surface area contributed by atoms with Crippen molar-refractivity contribution in [3.63, 3.8) is 0 Å². The lowest BCUT2D eigenvalue weighted by atomic mass is 10.1. The normalized spacial score (nSPS) is 10.2. The van der Waals surface area contributed by atoms with E-state index < -0.39 is 5.97 Å². The van der Waals surface area contributed by atoms with Crippen molar-refractivity contribution in [3.8, 4) is 5.75 Å². The van der Waals surface area contributed by atoms with E-state index in [4.69, 9.17) is 9.47 Å². The Morgan fingerprint density at radius 2 is 1.91 bits per heavy atom. The molecule has 0 bridgehead atoms. The molecule has 0 amide bonds. The van der Waals surface area contributed by atoms with E-state index in [9.17, 15) is 9.59 Å². The van der Waals surface area contributed by atoms with Crippen molar-refractivity contribution >= 4 is 12.3 Å². The van der Waals surface area contributed by atoms with Crippen molar-refractivity contribution in [2.45, 2.75) is 27.4 Å². The summed E-state index contributed by atoms with van der Waals surface area (Å²) in [5.74, 6) is 0.227. The molecule has 0 saturated carbocycles. The van der Waals surface area contributed by atoms with E-state index in [0.717, 1.165) is 17.5 Å². The fraction of sp³-hybridized carbons (Fsp3) is 0.278. The zero-order valence-electron chi connectivity index (χ0n) is 13.5.